The molecule has 0 fully saturated rings. The summed E-state index contributed by atoms with van der Waals surface area (Å²) in [5.74, 6) is -0.220. The van der Waals surface area contributed by atoms with Gasteiger partial charge in [-0.25, -0.2) is 4.98 Å². The maximum absolute atomic E-state index is 12.3. The van der Waals surface area contributed by atoms with Gasteiger partial charge >= 0.3 is 0 Å². The molecule has 2 N–H and O–H groups in total. The number of carbonyl (C=O) groups is 1. The standard InChI is InChI=1S/C21H22N4O3S/c1-13-9-18(19(25(27)28)10-14(13)2)23-20(26)12-29-21-22-15(3)17(24-21)11-16-7-5-4-6-8-16/h4-10H,11-12H2,1-3H3,(H,22,24)(H,23,26). The second-order valence-electron chi connectivity index (χ2n) is 6.82. The first-order valence-corrected chi connectivity index (χ1v) is 10.1. The van der Waals surface area contributed by atoms with E-state index in [1.54, 1.807) is 13.0 Å². The summed E-state index contributed by atoms with van der Waals surface area (Å²) in [5.41, 5.74) is 4.85. The number of H-pyrrole nitrogens is 1. The van der Waals surface area contributed by atoms with Crippen molar-refractivity contribution in [3.05, 3.63) is 80.7 Å². The third-order valence-electron chi connectivity index (χ3n) is 4.60. The fourth-order valence-electron chi connectivity index (χ4n) is 2.87. The summed E-state index contributed by atoms with van der Waals surface area (Å²) in [7, 11) is 0. The van der Waals surface area contributed by atoms with E-state index in [1.165, 1.54) is 23.4 Å². The number of imidazole rings is 1. The lowest BCUT2D eigenvalue weighted by Crippen LogP contribution is -2.15. The SMILES string of the molecule is Cc1cc(NC(=O)CSc2nc(Cc3ccccc3)c(C)[nH]2)c([N+](=O)[O-])cc1C. The number of benzene rings is 2. The fourth-order valence-corrected chi connectivity index (χ4v) is 3.61. The predicted molar refractivity (Wildman–Crippen MR) is 114 cm³/mol. The number of carbonyl (C=O) groups excluding carboxylic acids is 1. The summed E-state index contributed by atoms with van der Waals surface area (Å²) in [5, 5.41) is 14.6. The van der Waals surface area contributed by atoms with E-state index in [1.807, 2.05) is 44.2 Å². The Morgan fingerprint density at radius 3 is 2.55 bits per heavy atom. The number of hydrogen-bond acceptors (Lipinski definition) is 5. The van der Waals surface area contributed by atoms with Gasteiger partial charge in [-0.3, -0.25) is 14.9 Å². The van der Waals surface area contributed by atoms with E-state index >= 15 is 0 Å². The summed E-state index contributed by atoms with van der Waals surface area (Å²) in [6, 6.07) is 13.2. The molecule has 7 nitrogen and oxygen atoms in total. The summed E-state index contributed by atoms with van der Waals surface area (Å²) in [6.07, 6.45) is 0.713. The highest BCUT2D eigenvalue weighted by molar-refractivity contribution is 7.99. The Kier molecular flexibility index (Phi) is 6.33. The smallest absolute Gasteiger partial charge is 0.293 e. The summed E-state index contributed by atoms with van der Waals surface area (Å²) < 4.78 is 0. The number of nitrogens with one attached hydrogen (secondary N) is 2. The van der Waals surface area contributed by atoms with E-state index in [9.17, 15) is 14.9 Å². The van der Waals surface area contributed by atoms with E-state index in [-0.39, 0.29) is 23.0 Å². The van der Waals surface area contributed by atoms with Gasteiger partial charge in [-0.15, -0.1) is 0 Å². The Hall–Kier alpha value is -3.13. The zero-order chi connectivity index (χ0) is 21.0. The maximum atomic E-state index is 12.3. The molecule has 0 bridgehead atoms. The van der Waals surface area contributed by atoms with E-state index in [0.29, 0.717) is 11.6 Å². The molecule has 0 aliphatic heterocycles. The van der Waals surface area contributed by atoms with E-state index in [2.05, 4.69) is 15.3 Å². The molecule has 2 aromatic carbocycles. The van der Waals surface area contributed by atoms with Crippen LogP contribution in [0.2, 0.25) is 0 Å². The summed E-state index contributed by atoms with van der Waals surface area (Å²) in [4.78, 5) is 30.9. The van der Waals surface area contributed by atoms with Crippen molar-refractivity contribution in [2.45, 2.75) is 32.3 Å². The van der Waals surface area contributed by atoms with Crippen LogP contribution in [0, 0.1) is 30.9 Å². The number of rotatable bonds is 7. The largest absolute Gasteiger partial charge is 0.337 e. The molecule has 0 aliphatic rings. The number of aromatic amines is 1. The van der Waals surface area contributed by atoms with Gasteiger partial charge in [0.05, 0.1) is 16.4 Å². The molecule has 3 aromatic rings. The highest BCUT2D eigenvalue weighted by Crippen LogP contribution is 2.28. The average Bonchev–Trinajstić information content (AvgIpc) is 3.03. The highest BCUT2D eigenvalue weighted by Gasteiger charge is 2.18. The van der Waals surface area contributed by atoms with Gasteiger partial charge in [-0.1, -0.05) is 42.1 Å². The van der Waals surface area contributed by atoms with Crippen LogP contribution in [-0.4, -0.2) is 26.6 Å². The van der Waals surface area contributed by atoms with Crippen LogP contribution in [-0.2, 0) is 11.2 Å². The first-order valence-electron chi connectivity index (χ1n) is 9.11. The van der Waals surface area contributed by atoms with Crippen molar-refractivity contribution in [2.75, 3.05) is 11.1 Å². The van der Waals surface area contributed by atoms with Crippen LogP contribution in [0.25, 0.3) is 0 Å². The lowest BCUT2D eigenvalue weighted by Gasteiger charge is -2.08. The number of aryl methyl sites for hydroxylation is 3. The zero-order valence-corrected chi connectivity index (χ0v) is 17.3. The van der Waals surface area contributed by atoms with Crippen LogP contribution in [0.5, 0.6) is 0 Å². The predicted octanol–water partition coefficient (Wildman–Crippen LogP) is 4.56. The Bertz CT molecular complexity index is 1050. The molecule has 1 heterocycles. The molecule has 0 spiro atoms. The van der Waals surface area contributed by atoms with Gasteiger partial charge in [0, 0.05) is 18.2 Å². The van der Waals surface area contributed by atoms with Crippen LogP contribution < -0.4 is 5.32 Å². The Morgan fingerprint density at radius 1 is 1.17 bits per heavy atom. The third kappa shape index (κ3) is 5.23. The molecular formula is C21H22N4O3S. The number of nitro benzene ring substituents is 1. The molecule has 1 aromatic heterocycles. The number of nitrogens with zero attached hydrogens (tertiary/aromatic N) is 2. The average molecular weight is 410 g/mol. The quantitative estimate of drug-likeness (QED) is 0.338. The monoisotopic (exact) mass is 410 g/mol. The molecule has 150 valence electrons. The van der Waals surface area contributed by atoms with Crippen LogP contribution in [0.4, 0.5) is 11.4 Å². The first-order chi connectivity index (χ1) is 13.8. The number of aromatic nitrogens is 2. The molecule has 0 saturated carbocycles. The fraction of sp³-hybridized carbons (Fsp3) is 0.238. The molecule has 0 radical (unpaired) electrons. The Morgan fingerprint density at radius 2 is 1.86 bits per heavy atom. The summed E-state index contributed by atoms with van der Waals surface area (Å²) >= 11 is 1.27. The maximum Gasteiger partial charge on any atom is 0.293 e. The van der Waals surface area contributed by atoms with Gasteiger partial charge in [0.15, 0.2) is 5.16 Å². The molecule has 0 unspecified atom stereocenters. The number of thioether (sulfide) groups is 1. The van der Waals surface area contributed by atoms with Crippen molar-refractivity contribution in [1.82, 2.24) is 9.97 Å². The van der Waals surface area contributed by atoms with Gasteiger partial charge < -0.3 is 10.3 Å². The van der Waals surface area contributed by atoms with Gasteiger partial charge in [0.25, 0.3) is 5.69 Å². The van der Waals surface area contributed by atoms with E-state index in [4.69, 9.17) is 0 Å². The van der Waals surface area contributed by atoms with Crippen LogP contribution in [0.15, 0.2) is 47.6 Å². The number of anilines is 1. The van der Waals surface area contributed by atoms with Crippen LogP contribution >= 0.6 is 11.8 Å². The normalized spacial score (nSPS) is 10.7. The second kappa shape index (κ2) is 8.91. The topological polar surface area (TPSA) is 101 Å². The summed E-state index contributed by atoms with van der Waals surface area (Å²) in [6.45, 7) is 5.60. The highest BCUT2D eigenvalue weighted by atomic mass is 32.2. The Labute approximate surface area is 173 Å². The Balaban J connectivity index is 1.64. The van der Waals surface area contributed by atoms with Crippen molar-refractivity contribution < 1.29 is 9.72 Å². The first kappa shape index (κ1) is 20.6. The minimum atomic E-state index is -0.485. The number of hydrogen-bond donors (Lipinski definition) is 2. The number of amides is 1. The lowest BCUT2D eigenvalue weighted by atomic mass is 10.1. The van der Waals surface area contributed by atoms with Crippen molar-refractivity contribution in [1.29, 1.82) is 0 Å². The second-order valence-corrected chi connectivity index (χ2v) is 7.79. The van der Waals surface area contributed by atoms with Crippen LogP contribution in [0.1, 0.15) is 28.1 Å². The van der Waals surface area contributed by atoms with Crippen molar-refractivity contribution in [2.24, 2.45) is 0 Å². The van der Waals surface area contributed by atoms with Crippen LogP contribution in [0.3, 0.4) is 0 Å². The molecule has 29 heavy (non-hydrogen) atoms. The lowest BCUT2D eigenvalue weighted by molar-refractivity contribution is -0.384. The van der Waals surface area contributed by atoms with Gasteiger partial charge in [-0.2, -0.15) is 0 Å². The molecule has 0 saturated heterocycles. The molecule has 1 amide bonds. The van der Waals surface area contributed by atoms with E-state index in [0.717, 1.165) is 22.5 Å². The zero-order valence-electron chi connectivity index (χ0n) is 16.5. The van der Waals surface area contributed by atoms with Crippen molar-refractivity contribution in [3.8, 4) is 0 Å². The van der Waals surface area contributed by atoms with Crippen molar-refractivity contribution >= 4 is 29.0 Å². The molecular weight excluding hydrogens is 388 g/mol. The van der Waals surface area contributed by atoms with E-state index < -0.39 is 4.92 Å². The molecule has 0 atom stereocenters. The van der Waals surface area contributed by atoms with Crippen molar-refractivity contribution in [3.63, 3.8) is 0 Å². The van der Waals surface area contributed by atoms with Gasteiger partial charge in [-0.05, 0) is 43.5 Å². The molecule has 8 heteroatoms. The minimum Gasteiger partial charge on any atom is -0.337 e. The van der Waals surface area contributed by atoms with Gasteiger partial charge in [0.1, 0.15) is 5.69 Å². The van der Waals surface area contributed by atoms with Gasteiger partial charge in [0.2, 0.25) is 5.91 Å². The third-order valence-corrected chi connectivity index (χ3v) is 5.47. The molecule has 3 rings (SSSR count). The minimum absolute atomic E-state index is 0.0990. The molecule has 0 aliphatic carbocycles. The number of nitro groups is 1.